The zero-order valence-corrected chi connectivity index (χ0v) is 8.81. The molecule has 0 bridgehead atoms. The molecule has 1 aromatic carbocycles. The Labute approximate surface area is 90.8 Å². The fourth-order valence-electron chi connectivity index (χ4n) is 0.944. The van der Waals surface area contributed by atoms with Gasteiger partial charge in [-0.1, -0.05) is 0 Å². The van der Waals surface area contributed by atoms with Crippen LogP contribution < -0.4 is 10.5 Å². The molecule has 16 heavy (non-hydrogen) atoms. The van der Waals surface area contributed by atoms with Gasteiger partial charge in [-0.2, -0.15) is 0 Å². The van der Waals surface area contributed by atoms with E-state index in [4.69, 9.17) is 11.1 Å². The highest BCUT2D eigenvalue weighted by atomic mass is 32.2. The largest absolute Gasteiger partial charge is 0.387 e. The molecule has 0 aliphatic carbocycles. The number of nitrogens with one attached hydrogen (secondary N) is 2. The van der Waals surface area contributed by atoms with E-state index in [1.807, 2.05) is 4.72 Å². The van der Waals surface area contributed by atoms with Gasteiger partial charge >= 0.3 is 0 Å². The summed E-state index contributed by atoms with van der Waals surface area (Å²) in [5.74, 6) is -2.48. The van der Waals surface area contributed by atoms with Crippen molar-refractivity contribution in [2.75, 3.05) is 6.54 Å². The van der Waals surface area contributed by atoms with Crippen LogP contribution in [0.15, 0.2) is 23.1 Å². The first-order chi connectivity index (χ1) is 7.33. The molecule has 0 spiro atoms. The number of hydrogen-bond acceptors (Lipinski definition) is 3. The van der Waals surface area contributed by atoms with Gasteiger partial charge in [-0.25, -0.2) is 21.9 Å². The van der Waals surface area contributed by atoms with Gasteiger partial charge in [0, 0.05) is 6.07 Å². The Morgan fingerprint density at radius 2 is 2.06 bits per heavy atom. The van der Waals surface area contributed by atoms with E-state index in [2.05, 4.69) is 0 Å². The van der Waals surface area contributed by atoms with Crippen LogP contribution in [0.25, 0.3) is 0 Å². The van der Waals surface area contributed by atoms with Gasteiger partial charge in [0.2, 0.25) is 10.0 Å². The highest BCUT2D eigenvalue weighted by Crippen LogP contribution is 2.14. The molecular formula is C8H9F2N3O2S. The first-order valence-electron chi connectivity index (χ1n) is 4.10. The molecule has 0 atom stereocenters. The van der Waals surface area contributed by atoms with Crippen LogP contribution in [0.1, 0.15) is 0 Å². The molecule has 0 heterocycles. The van der Waals surface area contributed by atoms with Crippen LogP contribution in [0.3, 0.4) is 0 Å². The zero-order chi connectivity index (χ0) is 12.3. The van der Waals surface area contributed by atoms with Gasteiger partial charge in [-0.15, -0.1) is 0 Å². The summed E-state index contributed by atoms with van der Waals surface area (Å²) in [5, 5.41) is 6.82. The maximum absolute atomic E-state index is 13.1. The highest BCUT2D eigenvalue weighted by Gasteiger charge is 2.19. The lowest BCUT2D eigenvalue weighted by atomic mass is 10.3. The van der Waals surface area contributed by atoms with Crippen molar-refractivity contribution >= 4 is 15.9 Å². The summed E-state index contributed by atoms with van der Waals surface area (Å²) in [6.07, 6.45) is 0. The van der Waals surface area contributed by atoms with Crippen molar-refractivity contribution in [3.05, 3.63) is 29.8 Å². The molecule has 88 valence electrons. The Balaban J connectivity index is 3.03. The van der Waals surface area contributed by atoms with E-state index in [0.29, 0.717) is 6.07 Å². The van der Waals surface area contributed by atoms with Crippen LogP contribution in [0.2, 0.25) is 0 Å². The number of rotatable bonds is 4. The molecule has 0 saturated carbocycles. The average molecular weight is 249 g/mol. The van der Waals surface area contributed by atoms with Gasteiger partial charge in [-0.3, -0.25) is 5.41 Å². The Hall–Kier alpha value is -1.54. The topological polar surface area (TPSA) is 96.0 Å². The predicted molar refractivity (Wildman–Crippen MR) is 53.5 cm³/mol. The molecule has 0 radical (unpaired) electrons. The SMILES string of the molecule is N=C(N)CNS(=O)(=O)c1ccc(F)cc1F. The fourth-order valence-corrected chi connectivity index (χ4v) is 2.01. The molecule has 8 heteroatoms. The third kappa shape index (κ3) is 2.97. The van der Waals surface area contributed by atoms with Crippen molar-refractivity contribution in [2.45, 2.75) is 4.90 Å². The molecule has 1 aromatic rings. The second kappa shape index (κ2) is 4.54. The van der Waals surface area contributed by atoms with E-state index in [9.17, 15) is 17.2 Å². The van der Waals surface area contributed by atoms with Crippen LogP contribution in [0.5, 0.6) is 0 Å². The zero-order valence-electron chi connectivity index (χ0n) is 8.00. The number of sulfonamides is 1. The van der Waals surface area contributed by atoms with Gasteiger partial charge in [0.1, 0.15) is 22.4 Å². The lowest BCUT2D eigenvalue weighted by molar-refractivity contribution is 0.545. The molecule has 0 fully saturated rings. The third-order valence-electron chi connectivity index (χ3n) is 1.64. The molecule has 0 unspecified atom stereocenters. The standard InChI is InChI=1S/C8H9F2N3O2S/c9-5-1-2-7(6(10)3-5)16(14,15)13-4-8(11)12/h1-3,13H,4H2,(H3,11,12). The first kappa shape index (κ1) is 12.5. The van der Waals surface area contributed by atoms with Gasteiger partial charge in [0.25, 0.3) is 0 Å². The van der Waals surface area contributed by atoms with Crippen molar-refractivity contribution in [3.8, 4) is 0 Å². The van der Waals surface area contributed by atoms with E-state index in [-0.39, 0.29) is 0 Å². The molecule has 1 rings (SSSR count). The second-order valence-corrected chi connectivity index (χ2v) is 4.66. The summed E-state index contributed by atoms with van der Waals surface area (Å²) in [5.41, 5.74) is 4.94. The van der Waals surface area contributed by atoms with Gasteiger partial charge in [-0.05, 0) is 12.1 Å². The molecule has 0 aliphatic heterocycles. The Morgan fingerprint density at radius 3 is 2.56 bits per heavy atom. The number of halogens is 2. The molecular weight excluding hydrogens is 240 g/mol. The number of benzene rings is 1. The minimum absolute atomic E-state index is 0.411. The van der Waals surface area contributed by atoms with Crippen molar-refractivity contribution in [2.24, 2.45) is 5.73 Å². The fraction of sp³-hybridized carbons (Fsp3) is 0.125. The molecule has 4 N–H and O–H groups in total. The normalized spacial score (nSPS) is 11.4. The average Bonchev–Trinajstić information content (AvgIpc) is 2.14. The maximum atomic E-state index is 13.1. The van der Waals surface area contributed by atoms with Crippen LogP contribution in [-0.2, 0) is 10.0 Å². The van der Waals surface area contributed by atoms with Crippen LogP contribution in [0, 0.1) is 17.0 Å². The number of amidine groups is 1. The second-order valence-electron chi connectivity index (χ2n) is 2.92. The van der Waals surface area contributed by atoms with Gasteiger partial charge in [0.05, 0.1) is 6.54 Å². The maximum Gasteiger partial charge on any atom is 0.243 e. The van der Waals surface area contributed by atoms with E-state index in [1.165, 1.54) is 0 Å². The van der Waals surface area contributed by atoms with Crippen LogP contribution in [-0.4, -0.2) is 20.8 Å². The minimum Gasteiger partial charge on any atom is -0.387 e. The van der Waals surface area contributed by atoms with Crippen molar-refractivity contribution in [3.63, 3.8) is 0 Å². The molecule has 0 aliphatic rings. The first-order valence-corrected chi connectivity index (χ1v) is 5.59. The summed E-state index contributed by atoms with van der Waals surface area (Å²) in [7, 11) is -4.12. The van der Waals surface area contributed by atoms with Crippen molar-refractivity contribution in [1.29, 1.82) is 5.41 Å². The van der Waals surface area contributed by atoms with E-state index >= 15 is 0 Å². The summed E-state index contributed by atoms with van der Waals surface area (Å²) in [6.45, 7) is -0.431. The van der Waals surface area contributed by atoms with Crippen LogP contribution >= 0.6 is 0 Å². The number of nitrogens with two attached hydrogens (primary N) is 1. The monoisotopic (exact) mass is 249 g/mol. The molecule has 5 nitrogen and oxygen atoms in total. The third-order valence-corrected chi connectivity index (χ3v) is 3.07. The number of hydrogen-bond donors (Lipinski definition) is 3. The molecule has 0 amide bonds. The Morgan fingerprint density at radius 1 is 1.44 bits per heavy atom. The van der Waals surface area contributed by atoms with E-state index < -0.39 is 38.9 Å². The van der Waals surface area contributed by atoms with Gasteiger partial charge < -0.3 is 5.73 Å². The lowest BCUT2D eigenvalue weighted by Crippen LogP contribution is -2.33. The smallest absolute Gasteiger partial charge is 0.243 e. The van der Waals surface area contributed by atoms with Crippen molar-refractivity contribution < 1.29 is 17.2 Å². The summed E-state index contributed by atoms with van der Waals surface area (Å²) in [6, 6.07) is 2.08. The minimum atomic E-state index is -4.12. The highest BCUT2D eigenvalue weighted by molar-refractivity contribution is 7.89. The summed E-state index contributed by atoms with van der Waals surface area (Å²) in [4.78, 5) is -0.685. The summed E-state index contributed by atoms with van der Waals surface area (Å²) >= 11 is 0. The Bertz CT molecular complexity index is 516. The van der Waals surface area contributed by atoms with Gasteiger partial charge in [0.15, 0.2) is 0 Å². The van der Waals surface area contributed by atoms with E-state index in [0.717, 1.165) is 12.1 Å². The van der Waals surface area contributed by atoms with Crippen molar-refractivity contribution in [1.82, 2.24) is 4.72 Å². The van der Waals surface area contributed by atoms with Crippen LogP contribution in [0.4, 0.5) is 8.78 Å². The molecule has 0 aromatic heterocycles. The van der Waals surface area contributed by atoms with E-state index in [1.54, 1.807) is 0 Å². The quantitative estimate of drug-likeness (QED) is 0.524. The summed E-state index contributed by atoms with van der Waals surface area (Å²) < 4.78 is 50.4. The predicted octanol–water partition coefficient (Wildman–Crippen LogP) is 0.179. The lowest BCUT2D eigenvalue weighted by Gasteiger charge is -2.06. The molecule has 0 saturated heterocycles. The Kier molecular flexibility index (Phi) is 3.55.